The highest BCUT2D eigenvalue weighted by atomic mass is 16.3. The first-order valence-electron chi connectivity index (χ1n) is 24.0. The molecule has 0 atom stereocenters. The van der Waals surface area contributed by atoms with E-state index in [-0.39, 0.29) is 126 Å². The molecule has 77 heavy (non-hydrogen) atoms. The van der Waals surface area contributed by atoms with E-state index in [1.807, 2.05) is 121 Å². The highest BCUT2D eigenvalue weighted by Gasteiger charge is 2.29. The molecule has 0 aliphatic rings. The minimum atomic E-state index is -0.135. The zero-order valence-electron chi connectivity index (χ0n) is 41.4. The molecule has 0 unspecified atom stereocenters. The number of benzene rings is 10. The zero-order chi connectivity index (χ0) is 54.6. The lowest BCUT2D eigenvalue weighted by Crippen LogP contribution is -2.57. The number of hydrogen-bond donors (Lipinski definition) is 0. The minimum absolute atomic E-state index is 0.00796. The highest BCUT2D eigenvalue weighted by molar-refractivity contribution is 6.72. The predicted molar refractivity (Wildman–Crippen MR) is 345 cm³/mol. The van der Waals surface area contributed by atoms with Crippen LogP contribution in [0.15, 0.2) is 138 Å². The van der Waals surface area contributed by atoms with Crippen LogP contribution < -0.4 is 97.8 Å². The fourth-order valence-electron chi connectivity index (χ4n) is 10.6. The van der Waals surface area contributed by atoms with Gasteiger partial charge in [0.15, 0.2) is 0 Å². The Balaban J connectivity index is 1.16. The summed E-state index contributed by atoms with van der Waals surface area (Å²) < 4.78 is 6.58. The quantitative estimate of drug-likeness (QED) is 0.145. The molecule has 0 amide bonds. The van der Waals surface area contributed by atoms with Gasteiger partial charge in [0, 0.05) is 33.2 Å². The Morgan fingerprint density at radius 1 is 0.286 bits per heavy atom. The summed E-state index contributed by atoms with van der Waals surface area (Å²) in [6, 6.07) is 43.2. The molecule has 11 aromatic rings. The van der Waals surface area contributed by atoms with Gasteiger partial charge in [-0.3, -0.25) is 0 Å². The third-order valence-electron chi connectivity index (χ3n) is 14.6. The molecule has 0 saturated heterocycles. The Hall–Kier alpha value is -6.84. The molecule has 0 fully saturated rings. The number of furan rings is 1. The van der Waals surface area contributed by atoms with Gasteiger partial charge in [0.2, 0.25) is 0 Å². The summed E-state index contributed by atoms with van der Waals surface area (Å²) in [5, 5.41) is 3.82. The minimum Gasteiger partial charge on any atom is -0.455 e. The van der Waals surface area contributed by atoms with Gasteiger partial charge in [0.25, 0.3) is 0 Å². The first-order valence-corrected chi connectivity index (χ1v) is 24.0. The third-order valence-corrected chi connectivity index (χ3v) is 14.6. The molecule has 0 bridgehead atoms. The number of nitrogens with zero attached hydrogens (tertiary/aromatic N) is 1. The Kier molecular flexibility index (Phi) is 13.5. The van der Waals surface area contributed by atoms with Crippen LogP contribution in [0.5, 0.6) is 0 Å². The fourth-order valence-corrected chi connectivity index (χ4v) is 10.6. The molecule has 316 valence electrons. The maximum atomic E-state index is 7.26. The van der Waals surface area contributed by atoms with Gasteiger partial charge in [-0.2, -0.15) is 0 Å². The van der Waals surface area contributed by atoms with E-state index in [1.165, 1.54) is 0 Å². The molecule has 1 heterocycles. The molecule has 0 aliphatic heterocycles. The monoisotopic (exact) mass is 935 g/mol. The van der Waals surface area contributed by atoms with Crippen molar-refractivity contribution >= 4 is 276 Å². The molecule has 10 aromatic carbocycles. The second kappa shape index (κ2) is 19.9. The average molecular weight is 933 g/mol. The van der Waals surface area contributed by atoms with Gasteiger partial charge >= 0.3 is 0 Å². The van der Waals surface area contributed by atoms with Gasteiger partial charge in [-0.15, -0.1) is 16.4 Å². The molecule has 0 spiro atoms. The van der Waals surface area contributed by atoms with Gasteiger partial charge in [0.1, 0.15) is 145 Å². The normalized spacial score (nSPS) is 11.5. The average Bonchev–Trinajstić information content (AvgIpc) is 4.03. The summed E-state index contributed by atoms with van der Waals surface area (Å²) in [4.78, 5) is 1.63. The van der Waals surface area contributed by atoms with Crippen molar-refractivity contribution in [2.45, 2.75) is 0 Å². The summed E-state index contributed by atoms with van der Waals surface area (Å²) in [6.07, 6.45) is 0. The van der Waals surface area contributed by atoms with Crippen LogP contribution in [0.2, 0.25) is 0 Å². The van der Waals surface area contributed by atoms with Crippen LogP contribution in [-0.2, 0) is 0 Å². The largest absolute Gasteiger partial charge is 0.455 e. The van der Waals surface area contributed by atoms with Gasteiger partial charge in [-0.05, 0) is 91.4 Å². The topological polar surface area (TPSA) is 16.4 Å². The molecule has 34 radical (unpaired) electrons. The van der Waals surface area contributed by atoms with E-state index in [4.69, 9.17) is 138 Å². The van der Waals surface area contributed by atoms with Crippen molar-refractivity contribution in [3.8, 4) is 55.6 Å². The van der Waals surface area contributed by atoms with Gasteiger partial charge in [-0.1, -0.05) is 180 Å². The first kappa shape index (κ1) is 52.2. The predicted octanol–water partition coefficient (Wildman–Crippen LogP) is -3.96. The van der Waals surface area contributed by atoms with Gasteiger partial charge in [-0.25, -0.2) is 0 Å². The molecular formula is C58H22B17NO. The maximum absolute atomic E-state index is 7.26. The Labute approximate surface area is 471 Å². The van der Waals surface area contributed by atoms with Crippen molar-refractivity contribution < 1.29 is 4.42 Å². The van der Waals surface area contributed by atoms with Crippen molar-refractivity contribution in [3.63, 3.8) is 0 Å². The summed E-state index contributed by atoms with van der Waals surface area (Å²) in [5.41, 5.74) is 5.78. The smallest absolute Gasteiger partial charge is 0.143 e. The van der Waals surface area contributed by atoms with Crippen molar-refractivity contribution in [2.75, 3.05) is 4.90 Å². The zero-order valence-corrected chi connectivity index (χ0v) is 41.4. The lowest BCUT2D eigenvalue weighted by atomic mass is 9.55. The van der Waals surface area contributed by atoms with Crippen LogP contribution in [-0.4, -0.2) is 133 Å². The van der Waals surface area contributed by atoms with Crippen LogP contribution in [0, 0.1) is 0 Å². The van der Waals surface area contributed by atoms with Gasteiger partial charge in [0.05, 0.1) is 0 Å². The van der Waals surface area contributed by atoms with E-state index >= 15 is 0 Å². The third kappa shape index (κ3) is 8.19. The second-order valence-corrected chi connectivity index (χ2v) is 18.9. The van der Waals surface area contributed by atoms with Crippen molar-refractivity contribution in [3.05, 3.63) is 133 Å². The Bertz CT molecular complexity index is 4210. The summed E-state index contributed by atoms with van der Waals surface area (Å²) in [5.74, 6) is 0. The molecule has 1 aromatic heterocycles. The van der Waals surface area contributed by atoms with E-state index in [1.54, 1.807) is 4.90 Å². The number of anilines is 3. The van der Waals surface area contributed by atoms with Crippen molar-refractivity contribution in [2.24, 2.45) is 0 Å². The summed E-state index contributed by atoms with van der Waals surface area (Å²) in [6.45, 7) is 0. The Morgan fingerprint density at radius 3 is 1.29 bits per heavy atom. The van der Waals surface area contributed by atoms with Crippen LogP contribution in [0.1, 0.15) is 0 Å². The highest BCUT2D eigenvalue weighted by Crippen LogP contribution is 2.41. The van der Waals surface area contributed by atoms with E-state index < -0.39 is 0 Å². The van der Waals surface area contributed by atoms with E-state index in [9.17, 15) is 0 Å². The lowest BCUT2D eigenvalue weighted by molar-refractivity contribution is 0.673. The summed E-state index contributed by atoms with van der Waals surface area (Å²) in [7, 11) is 116. The van der Waals surface area contributed by atoms with Crippen molar-refractivity contribution in [1.82, 2.24) is 0 Å². The van der Waals surface area contributed by atoms with Crippen molar-refractivity contribution in [1.29, 1.82) is 0 Å². The number of hydrogen-bond acceptors (Lipinski definition) is 2. The van der Waals surface area contributed by atoms with Crippen LogP contribution in [0.3, 0.4) is 0 Å². The molecule has 0 aliphatic carbocycles. The molecule has 19 heteroatoms. The fraction of sp³-hybridized carbons (Fsp3) is 0. The second-order valence-electron chi connectivity index (χ2n) is 18.9. The van der Waals surface area contributed by atoms with E-state index in [0.29, 0.717) is 22.4 Å². The number of rotatable bonds is 8. The Morgan fingerprint density at radius 2 is 0.714 bits per heavy atom. The molecule has 0 N–H and O–H groups in total. The molecule has 11 rings (SSSR count). The molecule has 2 nitrogen and oxygen atoms in total. The van der Waals surface area contributed by atoms with Crippen LogP contribution >= 0.6 is 0 Å². The van der Waals surface area contributed by atoms with Crippen LogP contribution in [0.25, 0.3) is 88.3 Å². The first-order chi connectivity index (χ1) is 36.8. The summed E-state index contributed by atoms with van der Waals surface area (Å²) >= 11 is 0. The number of fused-ring (bicyclic) bond motifs is 5. The SMILES string of the molecule is [B]c1c([B])c([B])c(-c2c([B])c([B])c(-c3c([B])c([B])c(N(c4cccc(-c5cccc6oc7c8ccccc8ccc7c56)c4)c4c([B])c([B])c(-c5cccc(-c6ccccc6)c5)c([B])c4[B])c([B])c3[B])c([B])c2[B])c([B])c1[B]. The molecular weight excluding hydrogens is 910 g/mol. The van der Waals surface area contributed by atoms with Crippen LogP contribution in [0.4, 0.5) is 17.1 Å². The standard InChI is InChI=1S/C58H22B17NO/c59-39-33(27-14-6-12-25(21-27)23-9-2-1-3-10-23)40(60)53(73)56(52(39)72)76(28-15-7-13-26(22-28)29-17-8-18-32-34(29)31-20-19-24-11-4-5-16-30(24)58(31)77-32)57-54(74)47(67)38(48(68)55(57)75)36-43(63)41(61)35(42(62)44(36)64)37-45(65)49(69)51(71)50(70)46(37)66/h1-22H. The lowest BCUT2D eigenvalue weighted by Gasteiger charge is -2.37. The van der Waals surface area contributed by atoms with E-state index in [2.05, 4.69) is 12.1 Å². The van der Waals surface area contributed by atoms with E-state index in [0.717, 1.165) is 49.4 Å². The van der Waals surface area contributed by atoms with Gasteiger partial charge < -0.3 is 9.32 Å². The molecule has 0 saturated carbocycles. The maximum Gasteiger partial charge on any atom is 0.143 e.